The average Bonchev–Trinajstić information content (AvgIpc) is 3.04. The van der Waals surface area contributed by atoms with E-state index in [1.165, 1.54) is 0 Å². The largest absolute Gasteiger partial charge is 0.444 e. The van der Waals surface area contributed by atoms with Crippen LogP contribution >= 0.6 is 0 Å². The van der Waals surface area contributed by atoms with Crippen LogP contribution in [0.25, 0.3) is 0 Å². The SMILES string of the molecule is COC(OC)c1ccc(C2C[C@@H](O[Si](C)(C)C(C)(C)C)CN2C(=O)OC(C)(C)C)cc1. The van der Waals surface area contributed by atoms with E-state index in [0.717, 1.165) is 17.5 Å². The molecule has 1 saturated heterocycles. The van der Waals surface area contributed by atoms with Crippen molar-refractivity contribution in [1.29, 1.82) is 0 Å². The van der Waals surface area contributed by atoms with E-state index in [1.54, 1.807) is 14.2 Å². The summed E-state index contributed by atoms with van der Waals surface area (Å²) in [6, 6.07) is 7.96. The Morgan fingerprint density at radius 3 is 2.03 bits per heavy atom. The molecule has 1 aromatic rings. The zero-order chi connectivity index (χ0) is 23.6. The second-order valence-corrected chi connectivity index (χ2v) is 15.6. The average molecular weight is 452 g/mol. The van der Waals surface area contributed by atoms with Crippen molar-refractivity contribution in [2.75, 3.05) is 20.8 Å². The lowest BCUT2D eigenvalue weighted by atomic mass is 10.0. The third-order valence-corrected chi connectivity index (χ3v) is 10.7. The van der Waals surface area contributed by atoms with E-state index in [0.29, 0.717) is 6.54 Å². The molecule has 2 rings (SSSR count). The predicted octanol–water partition coefficient (Wildman–Crippen LogP) is 6.05. The Kier molecular flexibility index (Phi) is 8.01. The molecule has 1 amide bonds. The van der Waals surface area contributed by atoms with Gasteiger partial charge in [0.25, 0.3) is 0 Å². The van der Waals surface area contributed by atoms with Crippen LogP contribution in [0.1, 0.15) is 71.4 Å². The minimum absolute atomic E-state index is 0.0104. The maximum atomic E-state index is 13.0. The second kappa shape index (κ2) is 9.61. The molecule has 0 radical (unpaired) electrons. The highest BCUT2D eigenvalue weighted by atomic mass is 28.4. The van der Waals surface area contributed by atoms with E-state index in [1.807, 2.05) is 49.9 Å². The molecule has 0 aliphatic carbocycles. The van der Waals surface area contributed by atoms with Crippen LogP contribution in [0.5, 0.6) is 0 Å². The third-order valence-electron chi connectivity index (χ3n) is 6.18. The molecule has 1 aliphatic heterocycles. The number of nitrogens with zero attached hydrogens (tertiary/aromatic N) is 1. The molecule has 0 aromatic heterocycles. The van der Waals surface area contributed by atoms with Crippen LogP contribution in [0.3, 0.4) is 0 Å². The number of hydrogen-bond acceptors (Lipinski definition) is 5. The van der Waals surface area contributed by atoms with Gasteiger partial charge in [-0.15, -0.1) is 0 Å². The summed E-state index contributed by atoms with van der Waals surface area (Å²) in [4.78, 5) is 14.9. The molecule has 1 heterocycles. The van der Waals surface area contributed by atoms with Crippen LogP contribution in [0.2, 0.25) is 18.1 Å². The standard InChI is InChI=1S/C24H41NO5Si/c1-23(2,3)29-22(26)25-16-19(30-31(9,10)24(4,5)6)15-20(25)17-11-13-18(14-12-17)21(27-7)28-8/h11-14,19-21H,15-16H2,1-10H3/t19-,20?/m1/s1. The summed E-state index contributed by atoms with van der Waals surface area (Å²) in [5.41, 5.74) is 1.44. The molecule has 176 valence electrons. The van der Waals surface area contributed by atoms with Gasteiger partial charge in [0.15, 0.2) is 14.6 Å². The minimum Gasteiger partial charge on any atom is -0.444 e. The van der Waals surface area contributed by atoms with Gasteiger partial charge in [0.05, 0.1) is 12.1 Å². The van der Waals surface area contributed by atoms with Crippen molar-refractivity contribution in [2.24, 2.45) is 0 Å². The van der Waals surface area contributed by atoms with Crippen LogP contribution in [0, 0.1) is 0 Å². The van der Waals surface area contributed by atoms with Gasteiger partial charge in [-0.1, -0.05) is 45.0 Å². The monoisotopic (exact) mass is 451 g/mol. The number of amides is 1. The highest BCUT2D eigenvalue weighted by Gasteiger charge is 2.44. The molecule has 2 atom stereocenters. The summed E-state index contributed by atoms with van der Waals surface area (Å²) in [6.45, 7) is 17.4. The van der Waals surface area contributed by atoms with Crippen molar-refractivity contribution in [1.82, 2.24) is 4.90 Å². The molecule has 0 bridgehead atoms. The number of ether oxygens (including phenoxy) is 3. The lowest BCUT2D eigenvalue weighted by molar-refractivity contribution is -0.106. The lowest BCUT2D eigenvalue weighted by Crippen LogP contribution is -2.45. The zero-order valence-electron chi connectivity index (χ0n) is 20.9. The number of carbonyl (C=O) groups excluding carboxylic acids is 1. The molecule has 31 heavy (non-hydrogen) atoms. The quantitative estimate of drug-likeness (QED) is 0.389. The Morgan fingerprint density at radius 2 is 1.58 bits per heavy atom. The normalized spacial score (nSPS) is 20.4. The highest BCUT2D eigenvalue weighted by molar-refractivity contribution is 6.74. The number of methoxy groups -OCH3 is 2. The number of hydrogen-bond donors (Lipinski definition) is 0. The maximum absolute atomic E-state index is 13.0. The van der Waals surface area contributed by atoms with Crippen LogP contribution in [0.4, 0.5) is 4.79 Å². The molecular weight excluding hydrogens is 410 g/mol. The molecule has 0 saturated carbocycles. The summed E-state index contributed by atoms with van der Waals surface area (Å²) in [6.07, 6.45) is 0.0379. The Bertz CT molecular complexity index is 732. The van der Waals surface area contributed by atoms with E-state index in [9.17, 15) is 4.79 Å². The van der Waals surface area contributed by atoms with Crippen molar-refractivity contribution >= 4 is 14.4 Å². The maximum Gasteiger partial charge on any atom is 0.410 e. The fraction of sp³-hybridized carbons (Fsp3) is 0.708. The zero-order valence-corrected chi connectivity index (χ0v) is 21.9. The Hall–Kier alpha value is -1.41. The predicted molar refractivity (Wildman–Crippen MR) is 126 cm³/mol. The van der Waals surface area contributed by atoms with E-state index in [2.05, 4.69) is 33.9 Å². The first-order chi connectivity index (χ1) is 14.2. The van der Waals surface area contributed by atoms with Crippen molar-refractivity contribution < 1.29 is 23.4 Å². The van der Waals surface area contributed by atoms with Gasteiger partial charge in [0, 0.05) is 26.3 Å². The summed E-state index contributed by atoms with van der Waals surface area (Å²) in [5.74, 6) is 0. The topological polar surface area (TPSA) is 57.2 Å². The van der Waals surface area contributed by atoms with Gasteiger partial charge in [-0.05, 0) is 50.9 Å². The number of rotatable bonds is 6. The van der Waals surface area contributed by atoms with Gasteiger partial charge in [-0.3, -0.25) is 4.90 Å². The molecule has 6 nitrogen and oxygen atoms in total. The first-order valence-corrected chi connectivity index (χ1v) is 13.9. The molecule has 1 aromatic carbocycles. The van der Waals surface area contributed by atoms with Crippen LogP contribution in [0.15, 0.2) is 24.3 Å². The first-order valence-electron chi connectivity index (χ1n) is 11.0. The van der Waals surface area contributed by atoms with E-state index in [4.69, 9.17) is 18.6 Å². The summed E-state index contributed by atoms with van der Waals surface area (Å²) >= 11 is 0. The van der Waals surface area contributed by atoms with Crippen molar-refractivity contribution in [2.45, 2.75) is 90.1 Å². The molecular formula is C24H41NO5Si. The highest BCUT2D eigenvalue weighted by Crippen LogP contribution is 2.41. The van der Waals surface area contributed by atoms with Gasteiger partial charge in [-0.2, -0.15) is 0 Å². The molecule has 7 heteroatoms. The summed E-state index contributed by atoms with van der Waals surface area (Å²) in [7, 11) is 1.28. The smallest absolute Gasteiger partial charge is 0.410 e. The Labute approximate surface area is 189 Å². The van der Waals surface area contributed by atoms with E-state index in [-0.39, 0.29) is 23.3 Å². The van der Waals surface area contributed by atoms with Gasteiger partial charge >= 0.3 is 6.09 Å². The van der Waals surface area contributed by atoms with E-state index >= 15 is 0 Å². The van der Waals surface area contributed by atoms with Gasteiger partial charge in [-0.25, -0.2) is 4.79 Å². The molecule has 1 fully saturated rings. The fourth-order valence-corrected chi connectivity index (χ4v) is 4.92. The van der Waals surface area contributed by atoms with Gasteiger partial charge in [0.1, 0.15) is 5.60 Å². The molecule has 0 N–H and O–H groups in total. The summed E-state index contributed by atoms with van der Waals surface area (Å²) in [5, 5.41) is 0.110. The lowest BCUT2D eigenvalue weighted by Gasteiger charge is -2.38. The minimum atomic E-state index is -1.96. The number of carbonyl (C=O) groups is 1. The number of likely N-dealkylation sites (tertiary alicyclic amines) is 1. The first kappa shape index (κ1) is 25.8. The van der Waals surface area contributed by atoms with Gasteiger partial charge < -0.3 is 18.6 Å². The second-order valence-electron chi connectivity index (χ2n) is 10.9. The molecule has 0 spiro atoms. The fourth-order valence-electron chi connectivity index (χ4n) is 3.56. The van der Waals surface area contributed by atoms with Gasteiger partial charge in [0.2, 0.25) is 0 Å². The van der Waals surface area contributed by atoms with Crippen molar-refractivity contribution in [3.63, 3.8) is 0 Å². The third kappa shape index (κ3) is 6.54. The van der Waals surface area contributed by atoms with Crippen LogP contribution in [-0.4, -0.2) is 51.8 Å². The van der Waals surface area contributed by atoms with Crippen molar-refractivity contribution in [3.05, 3.63) is 35.4 Å². The van der Waals surface area contributed by atoms with E-state index < -0.39 is 20.2 Å². The van der Waals surface area contributed by atoms with Crippen LogP contribution < -0.4 is 0 Å². The summed E-state index contributed by atoms with van der Waals surface area (Å²) < 4.78 is 23.1. The Morgan fingerprint density at radius 1 is 1.03 bits per heavy atom. The molecule has 1 aliphatic rings. The van der Waals surface area contributed by atoms with Crippen LogP contribution in [-0.2, 0) is 18.6 Å². The Balaban J connectivity index is 2.29. The van der Waals surface area contributed by atoms with Crippen molar-refractivity contribution in [3.8, 4) is 0 Å². The number of benzene rings is 1. The molecule has 1 unspecified atom stereocenters.